The topological polar surface area (TPSA) is 49.4 Å². The summed E-state index contributed by atoms with van der Waals surface area (Å²) in [7, 11) is 0. The molecule has 0 aromatic rings. The lowest BCUT2D eigenvalue weighted by atomic mass is 10.0. The Balaban J connectivity index is 2.57. The van der Waals surface area contributed by atoms with Gasteiger partial charge in [0.25, 0.3) is 0 Å². The molecule has 1 heterocycles. The summed E-state index contributed by atoms with van der Waals surface area (Å²) < 4.78 is 0. The summed E-state index contributed by atoms with van der Waals surface area (Å²) in [5.41, 5.74) is 0. The van der Waals surface area contributed by atoms with Crippen molar-refractivity contribution < 1.29 is 9.59 Å². The van der Waals surface area contributed by atoms with Crippen LogP contribution in [-0.4, -0.2) is 35.8 Å². The van der Waals surface area contributed by atoms with Crippen molar-refractivity contribution in [2.24, 2.45) is 0 Å². The Bertz CT molecular complexity index is 256. The van der Waals surface area contributed by atoms with Gasteiger partial charge in [0.1, 0.15) is 0 Å². The first-order chi connectivity index (χ1) is 8.19. The molecule has 1 aliphatic heterocycles. The average Bonchev–Trinajstić information content (AvgIpc) is 2.51. The molecule has 0 radical (unpaired) electrons. The number of amides is 2. The van der Waals surface area contributed by atoms with E-state index in [1.165, 1.54) is 0 Å². The zero-order chi connectivity index (χ0) is 12.7. The molecular weight excluding hydrogens is 216 g/mol. The van der Waals surface area contributed by atoms with Crippen LogP contribution < -0.4 is 5.32 Å². The second kappa shape index (κ2) is 7.30. The smallest absolute Gasteiger partial charge is 0.222 e. The van der Waals surface area contributed by atoms with E-state index in [4.69, 9.17) is 0 Å². The fourth-order valence-electron chi connectivity index (χ4n) is 2.50. The van der Waals surface area contributed by atoms with Gasteiger partial charge in [0, 0.05) is 25.0 Å². The number of rotatable bonds is 6. The maximum Gasteiger partial charge on any atom is 0.222 e. The van der Waals surface area contributed by atoms with Crippen molar-refractivity contribution in [3.8, 4) is 0 Å². The highest BCUT2D eigenvalue weighted by Crippen LogP contribution is 2.18. The van der Waals surface area contributed by atoms with Crippen LogP contribution in [0.1, 0.15) is 52.4 Å². The molecule has 2 amide bonds. The summed E-state index contributed by atoms with van der Waals surface area (Å²) in [6.07, 6.45) is 6.51. The van der Waals surface area contributed by atoms with Crippen molar-refractivity contribution >= 4 is 12.3 Å². The van der Waals surface area contributed by atoms with Gasteiger partial charge in [-0.1, -0.05) is 13.3 Å². The Kier molecular flexibility index (Phi) is 6.01. The van der Waals surface area contributed by atoms with Gasteiger partial charge in [-0.25, -0.2) is 0 Å². The van der Waals surface area contributed by atoms with E-state index in [1.54, 1.807) is 0 Å². The minimum Gasteiger partial charge on any atom is -0.356 e. The SMILES string of the molecule is CCC(CC(C)NC=O)N1CCCCCC1=O. The molecule has 2 unspecified atom stereocenters. The van der Waals surface area contributed by atoms with Crippen molar-refractivity contribution in [3.05, 3.63) is 0 Å². The first kappa shape index (κ1) is 14.0. The van der Waals surface area contributed by atoms with Crippen molar-refractivity contribution in [2.75, 3.05) is 6.54 Å². The number of nitrogens with zero attached hydrogens (tertiary/aromatic N) is 1. The first-order valence-electron chi connectivity index (χ1n) is 6.68. The largest absolute Gasteiger partial charge is 0.356 e. The normalized spacial score (nSPS) is 20.6. The number of hydrogen-bond acceptors (Lipinski definition) is 2. The summed E-state index contributed by atoms with van der Waals surface area (Å²) in [5.74, 6) is 0.285. The maximum atomic E-state index is 12.0. The van der Waals surface area contributed by atoms with Crippen molar-refractivity contribution in [1.82, 2.24) is 10.2 Å². The second-order valence-corrected chi connectivity index (χ2v) is 4.88. The highest BCUT2D eigenvalue weighted by Gasteiger charge is 2.24. The summed E-state index contributed by atoms with van der Waals surface area (Å²) in [6.45, 7) is 4.97. The van der Waals surface area contributed by atoms with Gasteiger partial charge < -0.3 is 10.2 Å². The maximum absolute atomic E-state index is 12.0. The average molecular weight is 240 g/mol. The molecule has 4 nitrogen and oxygen atoms in total. The Hall–Kier alpha value is -1.06. The molecule has 0 saturated carbocycles. The molecule has 0 aliphatic carbocycles. The van der Waals surface area contributed by atoms with Crippen LogP contribution in [0, 0.1) is 0 Å². The summed E-state index contributed by atoms with van der Waals surface area (Å²) in [6, 6.07) is 0.400. The van der Waals surface area contributed by atoms with Crippen LogP contribution in [0.2, 0.25) is 0 Å². The summed E-state index contributed by atoms with van der Waals surface area (Å²) >= 11 is 0. The van der Waals surface area contributed by atoms with Crippen LogP contribution in [0.15, 0.2) is 0 Å². The number of carbonyl (C=O) groups excluding carboxylic acids is 2. The Morgan fingerprint density at radius 3 is 2.82 bits per heavy atom. The van der Waals surface area contributed by atoms with Gasteiger partial charge in [0.15, 0.2) is 0 Å². The summed E-state index contributed by atoms with van der Waals surface area (Å²) in [5, 5.41) is 2.76. The van der Waals surface area contributed by atoms with Gasteiger partial charge in [-0.15, -0.1) is 0 Å². The molecule has 4 heteroatoms. The molecule has 1 aliphatic rings. The van der Waals surface area contributed by atoms with Gasteiger partial charge >= 0.3 is 0 Å². The van der Waals surface area contributed by atoms with Gasteiger partial charge in [-0.3, -0.25) is 9.59 Å². The second-order valence-electron chi connectivity index (χ2n) is 4.88. The zero-order valence-electron chi connectivity index (χ0n) is 10.9. The number of likely N-dealkylation sites (tertiary alicyclic amines) is 1. The van der Waals surface area contributed by atoms with Crippen molar-refractivity contribution in [1.29, 1.82) is 0 Å². The predicted octanol–water partition coefficient (Wildman–Crippen LogP) is 1.69. The molecule has 1 fully saturated rings. The number of hydrogen-bond donors (Lipinski definition) is 1. The molecule has 0 aromatic carbocycles. The van der Waals surface area contributed by atoms with Crippen LogP contribution in [0.4, 0.5) is 0 Å². The van der Waals surface area contributed by atoms with Crippen molar-refractivity contribution in [3.63, 3.8) is 0 Å². The minimum atomic E-state index is 0.133. The minimum absolute atomic E-state index is 0.133. The number of carbonyl (C=O) groups is 2. The molecule has 0 spiro atoms. The van der Waals surface area contributed by atoms with E-state index in [1.807, 2.05) is 11.8 Å². The highest BCUT2D eigenvalue weighted by molar-refractivity contribution is 5.76. The third kappa shape index (κ3) is 4.36. The van der Waals surface area contributed by atoms with Gasteiger partial charge in [-0.05, 0) is 32.6 Å². The lowest BCUT2D eigenvalue weighted by Crippen LogP contribution is -2.43. The van der Waals surface area contributed by atoms with E-state index in [-0.39, 0.29) is 18.0 Å². The highest BCUT2D eigenvalue weighted by atomic mass is 16.2. The fourth-order valence-corrected chi connectivity index (χ4v) is 2.50. The first-order valence-corrected chi connectivity index (χ1v) is 6.68. The van der Waals surface area contributed by atoms with Gasteiger partial charge in [0.2, 0.25) is 12.3 Å². The van der Waals surface area contributed by atoms with E-state index in [0.717, 1.165) is 45.1 Å². The quantitative estimate of drug-likeness (QED) is 0.718. The van der Waals surface area contributed by atoms with E-state index in [2.05, 4.69) is 12.2 Å². The molecule has 1 saturated heterocycles. The van der Waals surface area contributed by atoms with Crippen LogP contribution in [0.3, 0.4) is 0 Å². The molecule has 1 rings (SSSR count). The number of nitrogens with one attached hydrogen (secondary N) is 1. The van der Waals surface area contributed by atoms with E-state index >= 15 is 0 Å². The lowest BCUT2D eigenvalue weighted by Gasteiger charge is -2.32. The zero-order valence-corrected chi connectivity index (χ0v) is 10.9. The van der Waals surface area contributed by atoms with E-state index in [0.29, 0.717) is 6.42 Å². The standard InChI is InChI=1S/C13H24N2O2/c1-3-12(9-11(2)14-10-16)15-8-6-4-5-7-13(15)17/h10-12H,3-9H2,1-2H3,(H,14,16). The molecule has 17 heavy (non-hydrogen) atoms. The molecule has 0 bridgehead atoms. The fraction of sp³-hybridized carbons (Fsp3) is 0.846. The van der Waals surface area contributed by atoms with Crippen LogP contribution in [0.5, 0.6) is 0 Å². The monoisotopic (exact) mass is 240 g/mol. The third-order valence-corrected chi connectivity index (χ3v) is 3.50. The van der Waals surface area contributed by atoms with Crippen molar-refractivity contribution in [2.45, 2.75) is 64.5 Å². The molecule has 98 valence electrons. The Morgan fingerprint density at radius 2 is 2.18 bits per heavy atom. The molecule has 2 atom stereocenters. The third-order valence-electron chi connectivity index (χ3n) is 3.50. The molecule has 0 aromatic heterocycles. The Morgan fingerprint density at radius 1 is 1.41 bits per heavy atom. The van der Waals surface area contributed by atoms with Crippen LogP contribution >= 0.6 is 0 Å². The van der Waals surface area contributed by atoms with Crippen LogP contribution in [-0.2, 0) is 9.59 Å². The Labute approximate surface area is 104 Å². The molecule has 1 N–H and O–H groups in total. The van der Waals surface area contributed by atoms with Gasteiger partial charge in [-0.2, -0.15) is 0 Å². The van der Waals surface area contributed by atoms with E-state index in [9.17, 15) is 9.59 Å². The molecular formula is C13H24N2O2. The predicted molar refractivity (Wildman–Crippen MR) is 67.5 cm³/mol. The summed E-state index contributed by atoms with van der Waals surface area (Å²) in [4.78, 5) is 24.4. The van der Waals surface area contributed by atoms with Crippen LogP contribution in [0.25, 0.3) is 0 Å². The van der Waals surface area contributed by atoms with E-state index < -0.39 is 0 Å². The lowest BCUT2D eigenvalue weighted by molar-refractivity contribution is -0.133. The van der Waals surface area contributed by atoms with Gasteiger partial charge in [0.05, 0.1) is 0 Å².